The van der Waals surface area contributed by atoms with Crippen molar-refractivity contribution in [2.75, 3.05) is 0 Å². The van der Waals surface area contributed by atoms with Crippen molar-refractivity contribution in [2.24, 2.45) is 0 Å². The molecule has 0 radical (unpaired) electrons. The molecule has 2 aromatic rings. The standard InChI is InChI=1S/C14H13FN2O/c1-2-3-14(18)12-8-10(4-5-13(12)15)11-6-7-16-17-9-11/h4-9H,2-3H2,1H3. The van der Waals surface area contributed by atoms with Gasteiger partial charge in [0.1, 0.15) is 5.82 Å². The molecule has 0 spiro atoms. The lowest BCUT2D eigenvalue weighted by Crippen LogP contribution is -2.02. The van der Waals surface area contributed by atoms with E-state index >= 15 is 0 Å². The minimum Gasteiger partial charge on any atom is -0.294 e. The number of aromatic nitrogens is 2. The van der Waals surface area contributed by atoms with Gasteiger partial charge in [-0.2, -0.15) is 10.2 Å². The Bertz CT molecular complexity index is 555. The van der Waals surface area contributed by atoms with Crippen LogP contribution in [0.1, 0.15) is 30.1 Å². The third-order valence-electron chi connectivity index (χ3n) is 2.66. The van der Waals surface area contributed by atoms with Crippen molar-refractivity contribution in [2.45, 2.75) is 19.8 Å². The SMILES string of the molecule is CCCC(=O)c1cc(-c2ccnnc2)ccc1F. The molecule has 0 bridgehead atoms. The van der Waals surface area contributed by atoms with Crippen molar-refractivity contribution in [3.8, 4) is 11.1 Å². The summed E-state index contributed by atoms with van der Waals surface area (Å²) in [5.74, 6) is -0.641. The van der Waals surface area contributed by atoms with E-state index in [2.05, 4.69) is 10.2 Å². The molecule has 0 aliphatic carbocycles. The van der Waals surface area contributed by atoms with Gasteiger partial charge in [-0.15, -0.1) is 0 Å². The molecule has 0 aliphatic heterocycles. The first-order chi connectivity index (χ1) is 8.72. The Balaban J connectivity index is 2.41. The average Bonchev–Trinajstić information content (AvgIpc) is 2.40. The first-order valence-electron chi connectivity index (χ1n) is 5.82. The largest absolute Gasteiger partial charge is 0.294 e. The highest BCUT2D eigenvalue weighted by Gasteiger charge is 2.12. The van der Waals surface area contributed by atoms with Crippen molar-refractivity contribution in [3.63, 3.8) is 0 Å². The van der Waals surface area contributed by atoms with Crippen molar-refractivity contribution < 1.29 is 9.18 Å². The average molecular weight is 244 g/mol. The fourth-order valence-corrected chi connectivity index (χ4v) is 1.74. The highest BCUT2D eigenvalue weighted by molar-refractivity contribution is 5.97. The number of Topliss-reactive ketones (excluding diaryl/α,β-unsaturated/α-hetero) is 1. The van der Waals surface area contributed by atoms with Crippen LogP contribution in [0, 0.1) is 5.82 Å². The number of hydrogen-bond donors (Lipinski definition) is 0. The summed E-state index contributed by atoms with van der Waals surface area (Å²) in [6.45, 7) is 1.90. The molecule has 1 aromatic heterocycles. The molecule has 1 heterocycles. The Morgan fingerprint density at radius 1 is 1.22 bits per heavy atom. The summed E-state index contributed by atoms with van der Waals surface area (Å²) in [7, 11) is 0. The number of carbonyl (C=O) groups is 1. The summed E-state index contributed by atoms with van der Waals surface area (Å²) in [6, 6.07) is 6.30. The number of benzene rings is 1. The third kappa shape index (κ3) is 2.59. The van der Waals surface area contributed by atoms with Gasteiger partial charge in [-0.25, -0.2) is 4.39 Å². The van der Waals surface area contributed by atoms with E-state index in [1.165, 1.54) is 6.07 Å². The fraction of sp³-hybridized carbons (Fsp3) is 0.214. The van der Waals surface area contributed by atoms with Crippen molar-refractivity contribution >= 4 is 5.78 Å². The van der Waals surface area contributed by atoms with Crippen LogP contribution in [0.5, 0.6) is 0 Å². The molecule has 4 heteroatoms. The minimum absolute atomic E-state index is 0.145. The maximum atomic E-state index is 13.6. The van der Waals surface area contributed by atoms with Crippen LogP contribution in [-0.2, 0) is 0 Å². The van der Waals surface area contributed by atoms with E-state index in [1.54, 1.807) is 30.6 Å². The van der Waals surface area contributed by atoms with Gasteiger partial charge in [0.15, 0.2) is 5.78 Å². The van der Waals surface area contributed by atoms with E-state index in [0.717, 1.165) is 11.1 Å². The highest BCUT2D eigenvalue weighted by atomic mass is 19.1. The Kier molecular flexibility index (Phi) is 3.77. The van der Waals surface area contributed by atoms with E-state index < -0.39 is 5.82 Å². The molecule has 0 amide bonds. The second kappa shape index (κ2) is 5.49. The molecule has 3 nitrogen and oxygen atoms in total. The van der Waals surface area contributed by atoms with E-state index in [4.69, 9.17) is 0 Å². The smallest absolute Gasteiger partial charge is 0.165 e. The van der Waals surface area contributed by atoms with E-state index in [1.807, 2.05) is 6.92 Å². The van der Waals surface area contributed by atoms with Gasteiger partial charge in [-0.05, 0) is 30.2 Å². The third-order valence-corrected chi connectivity index (χ3v) is 2.66. The molecule has 0 fully saturated rings. The van der Waals surface area contributed by atoms with Gasteiger partial charge in [0.05, 0.1) is 18.0 Å². The molecule has 0 aliphatic rings. The van der Waals surface area contributed by atoms with Gasteiger partial charge in [0, 0.05) is 12.0 Å². The van der Waals surface area contributed by atoms with Gasteiger partial charge >= 0.3 is 0 Å². The zero-order chi connectivity index (χ0) is 13.0. The van der Waals surface area contributed by atoms with Crippen LogP contribution in [0.2, 0.25) is 0 Å². The molecule has 0 atom stereocenters. The molecule has 0 saturated heterocycles. The van der Waals surface area contributed by atoms with Gasteiger partial charge in [0.25, 0.3) is 0 Å². The molecule has 92 valence electrons. The van der Waals surface area contributed by atoms with Crippen LogP contribution < -0.4 is 0 Å². The molecule has 1 aromatic carbocycles. The van der Waals surface area contributed by atoms with E-state index in [0.29, 0.717) is 12.8 Å². The van der Waals surface area contributed by atoms with Crippen LogP contribution in [0.3, 0.4) is 0 Å². The second-order valence-electron chi connectivity index (χ2n) is 4.00. The zero-order valence-corrected chi connectivity index (χ0v) is 10.1. The lowest BCUT2D eigenvalue weighted by atomic mass is 10.0. The summed E-state index contributed by atoms with van der Waals surface area (Å²) >= 11 is 0. The quantitative estimate of drug-likeness (QED) is 0.775. The van der Waals surface area contributed by atoms with E-state index in [9.17, 15) is 9.18 Å². The molecule has 18 heavy (non-hydrogen) atoms. The van der Waals surface area contributed by atoms with E-state index in [-0.39, 0.29) is 11.3 Å². The lowest BCUT2D eigenvalue weighted by Gasteiger charge is -2.05. The second-order valence-corrected chi connectivity index (χ2v) is 4.00. The van der Waals surface area contributed by atoms with Gasteiger partial charge in [-0.1, -0.05) is 13.0 Å². The summed E-state index contributed by atoms with van der Waals surface area (Å²) in [6.07, 6.45) is 4.21. The first kappa shape index (κ1) is 12.4. The minimum atomic E-state index is -0.473. The Hall–Kier alpha value is -2.10. The summed E-state index contributed by atoms with van der Waals surface area (Å²) in [5, 5.41) is 7.45. The summed E-state index contributed by atoms with van der Waals surface area (Å²) in [5.41, 5.74) is 1.73. The molecule has 0 N–H and O–H groups in total. The topological polar surface area (TPSA) is 42.9 Å². The lowest BCUT2D eigenvalue weighted by molar-refractivity contribution is 0.0978. The van der Waals surface area contributed by atoms with Gasteiger partial charge in [0.2, 0.25) is 0 Å². The highest BCUT2D eigenvalue weighted by Crippen LogP contribution is 2.22. The molecule has 0 unspecified atom stereocenters. The molecular formula is C14H13FN2O. The van der Waals surface area contributed by atoms with Crippen LogP contribution in [0.15, 0.2) is 36.7 Å². The maximum Gasteiger partial charge on any atom is 0.165 e. The molecule has 2 rings (SSSR count). The number of halogens is 1. The number of carbonyl (C=O) groups excluding carboxylic acids is 1. The maximum absolute atomic E-state index is 13.6. The van der Waals surface area contributed by atoms with Crippen molar-refractivity contribution in [1.82, 2.24) is 10.2 Å². The number of hydrogen-bond acceptors (Lipinski definition) is 3. The van der Waals surface area contributed by atoms with Crippen molar-refractivity contribution in [1.29, 1.82) is 0 Å². The summed E-state index contributed by atoms with van der Waals surface area (Å²) in [4.78, 5) is 11.8. The summed E-state index contributed by atoms with van der Waals surface area (Å²) < 4.78 is 13.6. The predicted molar refractivity (Wildman–Crippen MR) is 66.7 cm³/mol. The number of rotatable bonds is 4. The number of nitrogens with zero attached hydrogens (tertiary/aromatic N) is 2. The monoisotopic (exact) mass is 244 g/mol. The Morgan fingerprint density at radius 2 is 2.06 bits per heavy atom. The number of ketones is 1. The Labute approximate surface area is 105 Å². The van der Waals surface area contributed by atoms with Crippen molar-refractivity contribution in [3.05, 3.63) is 48.0 Å². The normalized spacial score (nSPS) is 10.3. The predicted octanol–water partition coefficient (Wildman–Crippen LogP) is 3.27. The van der Waals surface area contributed by atoms with Crippen LogP contribution in [0.25, 0.3) is 11.1 Å². The molecule has 0 saturated carbocycles. The first-order valence-corrected chi connectivity index (χ1v) is 5.82. The van der Waals surface area contributed by atoms with Gasteiger partial charge in [-0.3, -0.25) is 4.79 Å². The molecular weight excluding hydrogens is 231 g/mol. The van der Waals surface area contributed by atoms with Gasteiger partial charge < -0.3 is 0 Å². The Morgan fingerprint density at radius 3 is 2.72 bits per heavy atom. The van der Waals surface area contributed by atoms with Crippen LogP contribution in [-0.4, -0.2) is 16.0 Å². The van der Waals surface area contributed by atoms with Crippen LogP contribution >= 0.6 is 0 Å². The zero-order valence-electron chi connectivity index (χ0n) is 10.1. The van der Waals surface area contributed by atoms with Crippen LogP contribution in [0.4, 0.5) is 4.39 Å². The fourth-order valence-electron chi connectivity index (χ4n) is 1.74.